The molecule has 1 fully saturated rings. The Balaban J connectivity index is 1.56. The number of likely N-dealkylation sites (tertiary alicyclic amines) is 1. The van der Waals surface area contributed by atoms with Gasteiger partial charge in [0, 0.05) is 31.3 Å². The van der Waals surface area contributed by atoms with Gasteiger partial charge in [-0.1, -0.05) is 17.3 Å². The first kappa shape index (κ1) is 19.0. The van der Waals surface area contributed by atoms with E-state index in [-0.39, 0.29) is 17.6 Å². The van der Waals surface area contributed by atoms with Crippen LogP contribution in [0.2, 0.25) is 0 Å². The van der Waals surface area contributed by atoms with Crippen molar-refractivity contribution in [1.29, 1.82) is 0 Å². The molecule has 150 valence electrons. The van der Waals surface area contributed by atoms with Crippen molar-refractivity contribution in [1.82, 2.24) is 20.0 Å². The highest BCUT2D eigenvalue weighted by atomic mass is 19.1. The zero-order valence-corrected chi connectivity index (χ0v) is 16.4. The van der Waals surface area contributed by atoms with E-state index in [9.17, 15) is 9.18 Å². The van der Waals surface area contributed by atoms with Crippen molar-refractivity contribution in [3.63, 3.8) is 0 Å². The maximum absolute atomic E-state index is 13.9. The molecule has 2 aromatic heterocycles. The first-order chi connectivity index (χ1) is 14.0. The third kappa shape index (κ3) is 4.11. The number of aryl methyl sites for hydroxylation is 2. The van der Waals surface area contributed by atoms with Gasteiger partial charge in [-0.15, -0.1) is 0 Å². The number of aromatic nitrogens is 3. The minimum absolute atomic E-state index is 0.0252. The lowest BCUT2D eigenvalue weighted by molar-refractivity contribution is 0.192. The SMILES string of the molecule is Cc1cc(-c2cnc(C)nc2C2CCCN(C(=O)Nc3ccccc3F)C2)on1. The van der Waals surface area contributed by atoms with Crippen LogP contribution in [0.25, 0.3) is 11.3 Å². The number of carbonyl (C=O) groups is 1. The van der Waals surface area contributed by atoms with Crippen LogP contribution in [0.1, 0.15) is 36.0 Å². The Morgan fingerprint density at radius 1 is 1.31 bits per heavy atom. The molecule has 1 unspecified atom stereocenters. The van der Waals surface area contributed by atoms with Crippen LogP contribution < -0.4 is 5.32 Å². The van der Waals surface area contributed by atoms with Crippen molar-refractivity contribution in [3.8, 4) is 11.3 Å². The number of para-hydroxylation sites is 1. The minimum atomic E-state index is -0.455. The molecule has 0 saturated carbocycles. The fourth-order valence-corrected chi connectivity index (χ4v) is 3.62. The summed E-state index contributed by atoms with van der Waals surface area (Å²) in [5, 5.41) is 6.62. The topological polar surface area (TPSA) is 84.2 Å². The molecule has 0 aliphatic carbocycles. The number of anilines is 1. The molecule has 1 aliphatic heterocycles. The second kappa shape index (κ2) is 7.98. The summed E-state index contributed by atoms with van der Waals surface area (Å²) in [6.45, 7) is 4.79. The molecule has 0 radical (unpaired) electrons. The second-order valence-corrected chi connectivity index (χ2v) is 7.24. The number of urea groups is 1. The summed E-state index contributed by atoms with van der Waals surface area (Å²) in [7, 11) is 0. The standard InChI is InChI=1S/C21H22FN5O2/c1-13-10-19(29-26-13)16-11-23-14(2)24-20(16)15-6-5-9-27(12-15)21(28)25-18-8-4-3-7-17(18)22/h3-4,7-8,10-11,15H,5-6,9,12H2,1-2H3,(H,25,28). The van der Waals surface area contributed by atoms with Crippen molar-refractivity contribution >= 4 is 11.7 Å². The number of rotatable bonds is 3. The predicted molar refractivity (Wildman–Crippen MR) is 106 cm³/mol. The molecular weight excluding hydrogens is 373 g/mol. The Labute approximate surface area is 168 Å². The number of halogens is 1. The van der Waals surface area contributed by atoms with E-state index >= 15 is 0 Å². The van der Waals surface area contributed by atoms with Crippen LogP contribution in [-0.4, -0.2) is 39.1 Å². The van der Waals surface area contributed by atoms with E-state index < -0.39 is 5.82 Å². The van der Waals surface area contributed by atoms with Gasteiger partial charge in [-0.05, 0) is 38.8 Å². The molecule has 1 atom stereocenters. The number of hydrogen-bond donors (Lipinski definition) is 1. The molecule has 0 bridgehead atoms. The highest BCUT2D eigenvalue weighted by Gasteiger charge is 2.29. The van der Waals surface area contributed by atoms with Gasteiger partial charge in [0.05, 0.1) is 22.6 Å². The third-order valence-electron chi connectivity index (χ3n) is 5.04. The Morgan fingerprint density at radius 3 is 2.90 bits per heavy atom. The number of hydrogen-bond acceptors (Lipinski definition) is 5. The van der Waals surface area contributed by atoms with Crippen LogP contribution in [0, 0.1) is 19.7 Å². The Bertz CT molecular complexity index is 1040. The van der Waals surface area contributed by atoms with Crippen molar-refractivity contribution in [3.05, 3.63) is 59.6 Å². The van der Waals surface area contributed by atoms with E-state index in [1.165, 1.54) is 6.07 Å². The molecule has 3 aromatic rings. The van der Waals surface area contributed by atoms with E-state index in [1.807, 2.05) is 19.9 Å². The summed E-state index contributed by atoms with van der Waals surface area (Å²) in [5.41, 5.74) is 2.59. The number of carbonyl (C=O) groups excluding carboxylic acids is 1. The molecule has 1 aromatic carbocycles. The van der Waals surface area contributed by atoms with Gasteiger partial charge in [0.25, 0.3) is 0 Å². The molecule has 1 N–H and O–H groups in total. The first-order valence-electron chi connectivity index (χ1n) is 9.59. The Hall–Kier alpha value is -3.29. The Kier molecular flexibility index (Phi) is 5.24. The Morgan fingerprint density at radius 2 is 2.14 bits per heavy atom. The van der Waals surface area contributed by atoms with Crippen LogP contribution >= 0.6 is 0 Å². The van der Waals surface area contributed by atoms with Gasteiger partial charge >= 0.3 is 6.03 Å². The fraction of sp³-hybridized carbons (Fsp3) is 0.333. The van der Waals surface area contributed by atoms with Crippen LogP contribution in [0.4, 0.5) is 14.9 Å². The summed E-state index contributed by atoms with van der Waals surface area (Å²) >= 11 is 0. The zero-order valence-electron chi connectivity index (χ0n) is 16.4. The zero-order chi connectivity index (χ0) is 20.4. The lowest BCUT2D eigenvalue weighted by atomic mass is 9.91. The highest BCUT2D eigenvalue weighted by molar-refractivity contribution is 5.89. The molecule has 7 nitrogen and oxygen atoms in total. The van der Waals surface area contributed by atoms with E-state index in [1.54, 1.807) is 29.3 Å². The third-order valence-corrected chi connectivity index (χ3v) is 5.04. The largest absolute Gasteiger partial charge is 0.356 e. The molecule has 1 aliphatic rings. The number of nitrogens with one attached hydrogen (secondary N) is 1. The van der Waals surface area contributed by atoms with Crippen molar-refractivity contribution < 1.29 is 13.7 Å². The lowest BCUT2D eigenvalue weighted by Crippen LogP contribution is -2.42. The first-order valence-corrected chi connectivity index (χ1v) is 9.59. The van der Waals surface area contributed by atoms with Crippen LogP contribution in [0.15, 0.2) is 41.1 Å². The van der Waals surface area contributed by atoms with Gasteiger partial charge in [0.1, 0.15) is 11.6 Å². The highest BCUT2D eigenvalue weighted by Crippen LogP contribution is 2.33. The molecule has 1 saturated heterocycles. The van der Waals surface area contributed by atoms with Gasteiger partial charge in [0.2, 0.25) is 0 Å². The number of benzene rings is 1. The summed E-state index contributed by atoms with van der Waals surface area (Å²) < 4.78 is 19.3. The summed E-state index contributed by atoms with van der Waals surface area (Å²) in [5.74, 6) is 0.847. The fourth-order valence-electron chi connectivity index (χ4n) is 3.62. The van der Waals surface area contributed by atoms with Gasteiger partial charge in [0.15, 0.2) is 5.76 Å². The molecule has 8 heteroatoms. The predicted octanol–water partition coefficient (Wildman–Crippen LogP) is 4.30. The van der Waals surface area contributed by atoms with Crippen LogP contribution in [0.5, 0.6) is 0 Å². The van der Waals surface area contributed by atoms with Gasteiger partial charge in [-0.2, -0.15) is 0 Å². The summed E-state index contributed by atoms with van der Waals surface area (Å²) in [6, 6.07) is 7.68. The van der Waals surface area contributed by atoms with E-state index in [0.29, 0.717) is 24.7 Å². The van der Waals surface area contributed by atoms with E-state index in [0.717, 1.165) is 29.8 Å². The molecule has 0 spiro atoms. The van der Waals surface area contributed by atoms with Gasteiger partial charge in [-0.25, -0.2) is 19.2 Å². The number of piperidine rings is 1. The molecule has 29 heavy (non-hydrogen) atoms. The lowest BCUT2D eigenvalue weighted by Gasteiger charge is -2.33. The van der Waals surface area contributed by atoms with Crippen molar-refractivity contribution in [2.75, 3.05) is 18.4 Å². The van der Waals surface area contributed by atoms with E-state index in [4.69, 9.17) is 4.52 Å². The van der Waals surface area contributed by atoms with Gasteiger partial charge < -0.3 is 14.7 Å². The normalized spacial score (nSPS) is 16.7. The van der Waals surface area contributed by atoms with Crippen LogP contribution in [0.3, 0.4) is 0 Å². The monoisotopic (exact) mass is 395 g/mol. The minimum Gasteiger partial charge on any atom is -0.356 e. The summed E-state index contributed by atoms with van der Waals surface area (Å²) in [6.07, 6.45) is 3.46. The maximum Gasteiger partial charge on any atom is 0.321 e. The van der Waals surface area contributed by atoms with Gasteiger partial charge in [-0.3, -0.25) is 0 Å². The van der Waals surface area contributed by atoms with Crippen molar-refractivity contribution in [2.45, 2.75) is 32.6 Å². The molecular formula is C21H22FN5O2. The smallest absolute Gasteiger partial charge is 0.321 e. The second-order valence-electron chi connectivity index (χ2n) is 7.24. The maximum atomic E-state index is 13.9. The van der Waals surface area contributed by atoms with Crippen LogP contribution in [-0.2, 0) is 0 Å². The molecule has 3 heterocycles. The summed E-state index contributed by atoms with van der Waals surface area (Å²) in [4.78, 5) is 23.4. The van der Waals surface area contributed by atoms with E-state index in [2.05, 4.69) is 20.4 Å². The number of amides is 2. The average Bonchev–Trinajstić information content (AvgIpc) is 3.16. The quantitative estimate of drug-likeness (QED) is 0.715. The molecule has 2 amide bonds. The molecule has 4 rings (SSSR count). The average molecular weight is 395 g/mol. The number of nitrogens with zero attached hydrogens (tertiary/aromatic N) is 4. The van der Waals surface area contributed by atoms with Crippen molar-refractivity contribution in [2.24, 2.45) is 0 Å².